The molecular weight excluding hydrogens is 629 g/mol. The number of nitrogens with zero attached hydrogens (tertiary/aromatic N) is 4. The Morgan fingerprint density at radius 1 is 0.714 bits per heavy atom. The highest BCUT2D eigenvalue weighted by atomic mass is 32.2. The zero-order valence-corrected chi connectivity index (χ0v) is 27.3. The quantitative estimate of drug-likeness (QED) is 0.175. The van der Waals surface area contributed by atoms with Crippen molar-refractivity contribution in [3.05, 3.63) is 144 Å². The molecule has 0 radical (unpaired) electrons. The van der Waals surface area contributed by atoms with E-state index in [4.69, 9.17) is 4.74 Å². The van der Waals surface area contributed by atoms with Gasteiger partial charge in [0.05, 0.1) is 27.2 Å². The maximum absolute atomic E-state index is 13.5. The highest BCUT2D eigenvalue weighted by Gasteiger charge is 2.70. The van der Waals surface area contributed by atoms with Crippen LogP contribution in [0, 0.1) is 13.8 Å². The van der Waals surface area contributed by atoms with Crippen LogP contribution in [0.5, 0.6) is 11.5 Å². The second-order valence-corrected chi connectivity index (χ2v) is 15.3. The first-order valence-corrected chi connectivity index (χ1v) is 17.9. The Bertz CT molecular complexity index is 3030. The molecule has 1 unspecified atom stereocenters. The summed E-state index contributed by atoms with van der Waals surface area (Å²) in [5.41, 5.74) is 10.5. The van der Waals surface area contributed by atoms with E-state index in [0.29, 0.717) is 9.79 Å². The minimum absolute atomic E-state index is 0.367. The maximum atomic E-state index is 13.5. The normalized spacial score (nSPS) is 17.8. The molecule has 8 aromatic rings. The van der Waals surface area contributed by atoms with E-state index in [-0.39, 0.29) is 0 Å². The molecule has 0 saturated carbocycles. The zero-order chi connectivity index (χ0) is 32.6. The lowest BCUT2D eigenvalue weighted by molar-refractivity contribution is -0.995. The molecule has 5 aromatic carbocycles. The highest BCUT2D eigenvalue weighted by molar-refractivity contribution is 7.92. The molecule has 4 aliphatic heterocycles. The van der Waals surface area contributed by atoms with Crippen molar-refractivity contribution in [3.8, 4) is 45.3 Å². The van der Waals surface area contributed by atoms with Crippen LogP contribution >= 0.6 is 0 Å². The summed E-state index contributed by atoms with van der Waals surface area (Å²) in [6.45, 7) is 4.36. The van der Waals surface area contributed by atoms with Crippen LogP contribution in [0.1, 0.15) is 22.5 Å². The largest absolute Gasteiger partial charge is 0.456 e. The number of pyridine rings is 1. The van der Waals surface area contributed by atoms with E-state index in [0.717, 1.165) is 78.8 Å². The fourth-order valence-corrected chi connectivity index (χ4v) is 11.2. The molecule has 8 heteroatoms. The summed E-state index contributed by atoms with van der Waals surface area (Å²) in [4.78, 5) is 0.740. The summed E-state index contributed by atoms with van der Waals surface area (Å²) in [7, 11) is -3.57. The van der Waals surface area contributed by atoms with Crippen LogP contribution in [0.2, 0.25) is 0 Å². The summed E-state index contributed by atoms with van der Waals surface area (Å²) in [5, 5.41) is 2.39. The topological polar surface area (TPSA) is 61.0 Å². The van der Waals surface area contributed by atoms with E-state index in [2.05, 4.69) is 117 Å². The second-order valence-electron chi connectivity index (χ2n) is 13.4. The van der Waals surface area contributed by atoms with E-state index < -0.39 is 15.5 Å². The van der Waals surface area contributed by atoms with Gasteiger partial charge in [0, 0.05) is 34.9 Å². The molecular formula is C41H26N4O3S+2. The summed E-state index contributed by atoms with van der Waals surface area (Å²) in [6.07, 6.45) is 2.20. The Morgan fingerprint density at radius 2 is 1.51 bits per heavy atom. The summed E-state index contributed by atoms with van der Waals surface area (Å²) < 4.78 is 43.4. The standard InChI is InChI=1S/C41H26N4O3S/c1-23-37(25-17-20-35-29(22-25)27-11-4-6-15-34(27)49(35,46)47)24(2)45-41-38-31(44(23)45)13-9-14-32(38)48-33-19-18-28-26-10-3-5-12-30(26)43(40(28)39(33)41)36-16-7-8-21-42(36)41/h3-22H,1-2H3/q+2. The lowest BCUT2D eigenvalue weighted by atomic mass is 9.84. The van der Waals surface area contributed by atoms with Crippen LogP contribution in [0.3, 0.4) is 0 Å². The van der Waals surface area contributed by atoms with Gasteiger partial charge >= 0.3 is 5.66 Å². The number of hydrogen-bond acceptors (Lipinski definition) is 3. The Morgan fingerprint density at radius 3 is 2.43 bits per heavy atom. The van der Waals surface area contributed by atoms with Gasteiger partial charge in [0.2, 0.25) is 15.5 Å². The fourth-order valence-electron chi connectivity index (χ4n) is 9.56. The number of sulfone groups is 1. The van der Waals surface area contributed by atoms with Gasteiger partial charge in [-0.05, 0) is 73.2 Å². The summed E-state index contributed by atoms with van der Waals surface area (Å²) in [6, 6.07) is 38.9. The molecule has 3 aromatic heterocycles. The molecule has 1 atom stereocenters. The summed E-state index contributed by atoms with van der Waals surface area (Å²) >= 11 is 0. The minimum Gasteiger partial charge on any atom is -0.456 e. The number of hydrogen-bond donors (Lipinski definition) is 0. The lowest BCUT2D eigenvalue weighted by Gasteiger charge is -2.33. The van der Waals surface area contributed by atoms with E-state index in [1.807, 2.05) is 18.2 Å². The molecule has 0 fully saturated rings. The maximum Gasteiger partial charge on any atom is 0.397 e. The van der Waals surface area contributed by atoms with Crippen LogP contribution in [-0.2, 0) is 15.5 Å². The van der Waals surface area contributed by atoms with Crippen molar-refractivity contribution in [2.45, 2.75) is 29.3 Å². The molecule has 7 nitrogen and oxygen atoms in total. The summed E-state index contributed by atoms with van der Waals surface area (Å²) in [5.74, 6) is 2.75. The molecule has 0 N–H and O–H groups in total. The Labute approximate surface area is 281 Å². The highest BCUT2D eigenvalue weighted by Crippen LogP contribution is 2.56. The van der Waals surface area contributed by atoms with Crippen molar-refractivity contribution < 1.29 is 22.4 Å². The van der Waals surface area contributed by atoms with Crippen LogP contribution in [-0.4, -0.2) is 17.7 Å². The first kappa shape index (κ1) is 26.0. The third-order valence-corrected chi connectivity index (χ3v) is 13.1. The Hall–Kier alpha value is -5.99. The fraction of sp³-hybridized carbons (Fsp3) is 0.0732. The van der Waals surface area contributed by atoms with Gasteiger partial charge in [0.25, 0.3) is 5.82 Å². The van der Waals surface area contributed by atoms with E-state index in [1.54, 1.807) is 18.2 Å². The molecule has 1 spiro atoms. The molecule has 0 bridgehead atoms. The molecule has 12 rings (SSSR count). The van der Waals surface area contributed by atoms with Crippen molar-refractivity contribution in [1.82, 2.24) is 9.25 Å². The average Bonchev–Trinajstić information content (AvgIpc) is 3.79. The smallest absolute Gasteiger partial charge is 0.397 e. The van der Waals surface area contributed by atoms with Crippen molar-refractivity contribution in [2.24, 2.45) is 0 Å². The van der Waals surface area contributed by atoms with Gasteiger partial charge in [-0.3, -0.25) is 0 Å². The van der Waals surface area contributed by atoms with Crippen LogP contribution < -0.4 is 14.0 Å². The van der Waals surface area contributed by atoms with Crippen LogP contribution in [0.25, 0.3) is 55.6 Å². The van der Waals surface area contributed by atoms with Crippen molar-refractivity contribution in [3.63, 3.8) is 0 Å². The van der Waals surface area contributed by atoms with Gasteiger partial charge in [0.1, 0.15) is 28.3 Å². The number of ether oxygens (including phenoxy) is 1. The van der Waals surface area contributed by atoms with Gasteiger partial charge < -0.3 is 4.74 Å². The van der Waals surface area contributed by atoms with Gasteiger partial charge in [-0.2, -0.15) is 9.13 Å². The first-order chi connectivity index (χ1) is 23.9. The molecule has 7 heterocycles. The SMILES string of the molecule is Cc1c(-c2ccc3c(c2)-c2ccccc2S3(=O)=O)c(C)[n+]2n1-c1cccc3c1C21c2c(ccc4c5ccccc5n(c24)-c2cccc[n+]21)O3. The van der Waals surface area contributed by atoms with Gasteiger partial charge in [-0.15, -0.1) is 4.68 Å². The van der Waals surface area contributed by atoms with Gasteiger partial charge in [0.15, 0.2) is 11.1 Å². The number of fused-ring (bicyclic) bond motifs is 10. The third kappa shape index (κ3) is 2.66. The van der Waals surface area contributed by atoms with Crippen LogP contribution in [0.15, 0.2) is 131 Å². The van der Waals surface area contributed by atoms with E-state index in [9.17, 15) is 8.42 Å². The Kier molecular flexibility index (Phi) is 4.34. The zero-order valence-electron chi connectivity index (χ0n) is 26.5. The molecule has 49 heavy (non-hydrogen) atoms. The number of aromatic nitrogens is 4. The van der Waals surface area contributed by atoms with Crippen molar-refractivity contribution in [1.29, 1.82) is 0 Å². The van der Waals surface area contributed by atoms with Gasteiger partial charge in [-0.25, -0.2) is 8.42 Å². The number of benzene rings is 5. The first-order valence-electron chi connectivity index (χ1n) is 16.5. The molecule has 4 aliphatic rings. The monoisotopic (exact) mass is 654 g/mol. The predicted octanol–water partition coefficient (Wildman–Crippen LogP) is 7.28. The minimum atomic E-state index is -3.57. The molecule has 0 amide bonds. The number of para-hydroxylation sites is 1. The van der Waals surface area contributed by atoms with Crippen molar-refractivity contribution >= 4 is 31.6 Å². The Balaban J connectivity index is 1.24. The third-order valence-electron chi connectivity index (χ3n) is 11.3. The van der Waals surface area contributed by atoms with Gasteiger partial charge in [-0.1, -0.05) is 53.2 Å². The molecule has 232 valence electrons. The number of rotatable bonds is 1. The second kappa shape index (κ2) is 8.17. The predicted molar refractivity (Wildman–Crippen MR) is 184 cm³/mol. The molecule has 0 aliphatic carbocycles. The lowest BCUT2D eigenvalue weighted by Crippen LogP contribution is -2.77. The van der Waals surface area contributed by atoms with Crippen molar-refractivity contribution in [2.75, 3.05) is 0 Å². The van der Waals surface area contributed by atoms with E-state index >= 15 is 0 Å². The molecule has 0 saturated heterocycles. The van der Waals surface area contributed by atoms with E-state index in [1.165, 1.54) is 10.8 Å². The average molecular weight is 655 g/mol. The van der Waals surface area contributed by atoms with Crippen LogP contribution in [0.4, 0.5) is 0 Å².